The summed E-state index contributed by atoms with van der Waals surface area (Å²) in [5.41, 5.74) is 2.05. The van der Waals surface area contributed by atoms with E-state index in [-0.39, 0.29) is 6.04 Å². The lowest BCUT2D eigenvalue weighted by molar-refractivity contribution is 0.101. The van der Waals surface area contributed by atoms with Crippen molar-refractivity contribution >= 4 is 10.9 Å². The summed E-state index contributed by atoms with van der Waals surface area (Å²) in [7, 11) is 3.34. The Hall–Kier alpha value is -1.87. The van der Waals surface area contributed by atoms with E-state index in [0.29, 0.717) is 26.3 Å². The molecule has 2 aromatic rings. The van der Waals surface area contributed by atoms with Crippen LogP contribution < -0.4 is 0 Å². The Morgan fingerprint density at radius 1 is 1.19 bits per heavy atom. The quantitative estimate of drug-likeness (QED) is 0.809. The van der Waals surface area contributed by atoms with Crippen LogP contribution in [-0.2, 0) is 9.47 Å². The summed E-state index contributed by atoms with van der Waals surface area (Å²) in [6.07, 6.45) is 1.92. The van der Waals surface area contributed by atoms with Gasteiger partial charge in [0.25, 0.3) is 0 Å². The number of aromatic amines is 1. The molecule has 0 bridgehead atoms. The van der Waals surface area contributed by atoms with Gasteiger partial charge in [-0.1, -0.05) is 18.2 Å². The average molecular weight is 287 g/mol. The summed E-state index contributed by atoms with van der Waals surface area (Å²) in [6.45, 7) is 2.56. The Morgan fingerprint density at radius 3 is 2.48 bits per heavy atom. The van der Waals surface area contributed by atoms with Crippen molar-refractivity contribution < 1.29 is 9.47 Å². The number of aromatic nitrogens is 1. The number of methoxy groups -OCH3 is 2. The highest BCUT2D eigenvalue weighted by Crippen LogP contribution is 2.27. The van der Waals surface area contributed by atoms with E-state index in [1.807, 2.05) is 30.5 Å². The molecule has 5 heteroatoms. The number of nitriles is 1. The van der Waals surface area contributed by atoms with Gasteiger partial charge >= 0.3 is 0 Å². The summed E-state index contributed by atoms with van der Waals surface area (Å²) in [5, 5.41) is 10.7. The van der Waals surface area contributed by atoms with Gasteiger partial charge in [-0.3, -0.25) is 4.90 Å². The molecule has 0 amide bonds. The van der Waals surface area contributed by atoms with Crippen molar-refractivity contribution in [2.24, 2.45) is 0 Å². The van der Waals surface area contributed by atoms with Crippen LogP contribution in [0.25, 0.3) is 10.9 Å². The molecule has 1 aromatic carbocycles. The minimum absolute atomic E-state index is 0.313. The first-order valence-electron chi connectivity index (χ1n) is 6.99. The second-order valence-electron chi connectivity index (χ2n) is 4.84. The second kappa shape index (κ2) is 7.79. The predicted octanol–water partition coefficient (Wildman–Crippen LogP) is 2.33. The summed E-state index contributed by atoms with van der Waals surface area (Å²) in [5.74, 6) is 0. The lowest BCUT2D eigenvalue weighted by Crippen LogP contribution is -2.34. The molecule has 0 aliphatic heterocycles. The van der Waals surface area contributed by atoms with Gasteiger partial charge in [-0.15, -0.1) is 0 Å². The molecule has 0 aliphatic carbocycles. The number of fused-ring (bicyclic) bond motifs is 1. The van der Waals surface area contributed by atoms with E-state index >= 15 is 0 Å². The zero-order valence-electron chi connectivity index (χ0n) is 12.5. The fraction of sp³-hybridized carbons (Fsp3) is 0.438. The Bertz CT molecular complexity index is 595. The molecule has 112 valence electrons. The largest absolute Gasteiger partial charge is 0.383 e. The van der Waals surface area contributed by atoms with E-state index in [2.05, 4.69) is 16.0 Å². The first-order valence-corrected chi connectivity index (χ1v) is 6.99. The Labute approximate surface area is 125 Å². The van der Waals surface area contributed by atoms with Crippen LogP contribution in [0, 0.1) is 11.3 Å². The number of ether oxygens (including phenoxy) is 2. The minimum atomic E-state index is -0.313. The second-order valence-corrected chi connectivity index (χ2v) is 4.84. The number of H-pyrrole nitrogens is 1. The molecule has 0 saturated heterocycles. The SMILES string of the molecule is COCCN(CCOC)C(C#N)c1c[nH]c2ccccc12. The first kappa shape index (κ1) is 15.5. The predicted molar refractivity (Wildman–Crippen MR) is 82.0 cm³/mol. The van der Waals surface area contributed by atoms with Crippen LogP contribution in [0.4, 0.5) is 0 Å². The third-order valence-electron chi connectivity index (χ3n) is 3.57. The number of nitrogens with one attached hydrogen (secondary N) is 1. The van der Waals surface area contributed by atoms with Crippen molar-refractivity contribution in [2.75, 3.05) is 40.5 Å². The lowest BCUT2D eigenvalue weighted by Gasteiger charge is -2.26. The minimum Gasteiger partial charge on any atom is -0.383 e. The van der Waals surface area contributed by atoms with Crippen LogP contribution >= 0.6 is 0 Å². The zero-order valence-corrected chi connectivity index (χ0v) is 12.5. The monoisotopic (exact) mass is 287 g/mol. The van der Waals surface area contributed by atoms with Crippen LogP contribution in [-0.4, -0.2) is 50.4 Å². The molecule has 5 nitrogen and oxygen atoms in total. The van der Waals surface area contributed by atoms with Gasteiger partial charge in [-0.2, -0.15) is 5.26 Å². The van der Waals surface area contributed by atoms with Crippen molar-refractivity contribution in [1.82, 2.24) is 9.88 Å². The van der Waals surface area contributed by atoms with E-state index in [9.17, 15) is 5.26 Å². The van der Waals surface area contributed by atoms with Gasteiger partial charge in [0.05, 0.1) is 19.3 Å². The van der Waals surface area contributed by atoms with Gasteiger partial charge in [0, 0.05) is 50.0 Å². The Kier molecular flexibility index (Phi) is 5.76. The zero-order chi connectivity index (χ0) is 15.1. The van der Waals surface area contributed by atoms with Crippen molar-refractivity contribution in [3.05, 3.63) is 36.0 Å². The number of nitrogens with zero attached hydrogens (tertiary/aromatic N) is 2. The maximum atomic E-state index is 9.64. The van der Waals surface area contributed by atoms with Gasteiger partial charge in [-0.05, 0) is 6.07 Å². The smallest absolute Gasteiger partial charge is 0.126 e. The number of hydrogen-bond acceptors (Lipinski definition) is 4. The molecular formula is C16H21N3O2. The summed E-state index contributed by atoms with van der Waals surface area (Å²) in [6, 6.07) is 10.1. The van der Waals surface area contributed by atoms with Crippen LogP contribution in [0.3, 0.4) is 0 Å². The molecule has 1 atom stereocenters. The van der Waals surface area contributed by atoms with Crippen LogP contribution in [0.5, 0.6) is 0 Å². The normalized spacial score (nSPS) is 12.7. The molecule has 21 heavy (non-hydrogen) atoms. The van der Waals surface area contributed by atoms with Gasteiger partial charge in [0.2, 0.25) is 0 Å². The van der Waals surface area contributed by atoms with Crippen molar-refractivity contribution in [3.63, 3.8) is 0 Å². The maximum Gasteiger partial charge on any atom is 0.126 e. The van der Waals surface area contributed by atoms with Gasteiger partial charge in [0.1, 0.15) is 6.04 Å². The van der Waals surface area contributed by atoms with E-state index < -0.39 is 0 Å². The van der Waals surface area contributed by atoms with E-state index in [1.54, 1.807) is 14.2 Å². The highest BCUT2D eigenvalue weighted by molar-refractivity contribution is 5.83. The standard InChI is InChI=1S/C16H21N3O2/c1-20-9-7-19(8-10-21-2)16(11-17)14-12-18-15-6-4-3-5-13(14)15/h3-6,12,16,18H,7-10H2,1-2H3. The lowest BCUT2D eigenvalue weighted by atomic mass is 10.1. The summed E-state index contributed by atoms with van der Waals surface area (Å²) < 4.78 is 10.3. The third kappa shape index (κ3) is 3.61. The van der Waals surface area contributed by atoms with Crippen molar-refractivity contribution in [2.45, 2.75) is 6.04 Å². The van der Waals surface area contributed by atoms with E-state index in [1.165, 1.54) is 0 Å². The molecule has 0 fully saturated rings. The third-order valence-corrected chi connectivity index (χ3v) is 3.57. The highest BCUT2D eigenvalue weighted by atomic mass is 16.5. The maximum absolute atomic E-state index is 9.64. The first-order chi connectivity index (χ1) is 10.3. The molecule has 1 unspecified atom stereocenters. The van der Waals surface area contributed by atoms with E-state index in [0.717, 1.165) is 16.5 Å². The topological polar surface area (TPSA) is 61.3 Å². The van der Waals surface area contributed by atoms with Crippen LogP contribution in [0.15, 0.2) is 30.5 Å². The molecule has 2 rings (SSSR count). The number of rotatable bonds is 8. The Morgan fingerprint density at radius 2 is 1.86 bits per heavy atom. The molecule has 1 N–H and O–H groups in total. The number of hydrogen-bond donors (Lipinski definition) is 1. The van der Waals surface area contributed by atoms with Gasteiger partial charge < -0.3 is 14.5 Å². The Balaban J connectivity index is 2.28. The molecule has 0 radical (unpaired) electrons. The fourth-order valence-corrected chi connectivity index (χ4v) is 2.46. The van der Waals surface area contributed by atoms with Crippen LogP contribution in [0.2, 0.25) is 0 Å². The summed E-state index contributed by atoms with van der Waals surface area (Å²) in [4.78, 5) is 5.32. The van der Waals surface area contributed by atoms with E-state index in [4.69, 9.17) is 9.47 Å². The van der Waals surface area contributed by atoms with Crippen molar-refractivity contribution in [3.8, 4) is 6.07 Å². The molecule has 1 aromatic heterocycles. The van der Waals surface area contributed by atoms with Crippen molar-refractivity contribution in [1.29, 1.82) is 5.26 Å². The average Bonchev–Trinajstić information content (AvgIpc) is 2.94. The number of para-hydroxylation sites is 1. The summed E-state index contributed by atoms with van der Waals surface area (Å²) >= 11 is 0. The molecule has 0 aliphatic rings. The van der Waals surface area contributed by atoms with Gasteiger partial charge in [0.15, 0.2) is 0 Å². The van der Waals surface area contributed by atoms with Gasteiger partial charge in [-0.25, -0.2) is 0 Å². The van der Waals surface area contributed by atoms with Crippen LogP contribution in [0.1, 0.15) is 11.6 Å². The number of benzene rings is 1. The molecule has 0 spiro atoms. The fourth-order valence-electron chi connectivity index (χ4n) is 2.46. The molecule has 1 heterocycles. The molecular weight excluding hydrogens is 266 g/mol. The highest BCUT2D eigenvalue weighted by Gasteiger charge is 2.22. The molecule has 0 saturated carbocycles.